The highest BCUT2D eigenvalue weighted by Gasteiger charge is 2.44. The minimum Gasteiger partial charge on any atom is -0.103 e. The Hall–Kier alpha value is -0.260. The van der Waals surface area contributed by atoms with Crippen molar-refractivity contribution >= 4 is 0 Å². The second kappa shape index (κ2) is 2.41. The third-order valence-electron chi connectivity index (χ3n) is 3.32. The van der Waals surface area contributed by atoms with Crippen molar-refractivity contribution in [2.75, 3.05) is 0 Å². The van der Waals surface area contributed by atoms with Crippen LogP contribution in [0.5, 0.6) is 0 Å². The van der Waals surface area contributed by atoms with Gasteiger partial charge >= 0.3 is 0 Å². The van der Waals surface area contributed by atoms with E-state index in [2.05, 4.69) is 33.4 Å². The summed E-state index contributed by atoms with van der Waals surface area (Å²) in [5.74, 6) is 1.72. The summed E-state index contributed by atoms with van der Waals surface area (Å²) in [5.41, 5.74) is 0.538. The average molecular weight is 138 g/mol. The third-order valence-corrected chi connectivity index (χ3v) is 3.32. The van der Waals surface area contributed by atoms with E-state index in [1.807, 2.05) is 0 Å². The average Bonchev–Trinajstić information content (AvgIpc) is 1.88. The second-order valence-electron chi connectivity index (χ2n) is 4.00. The lowest BCUT2D eigenvalue weighted by atomic mass is 9.54. The van der Waals surface area contributed by atoms with Crippen LogP contribution in [0.15, 0.2) is 12.7 Å². The summed E-state index contributed by atoms with van der Waals surface area (Å²) >= 11 is 0. The first-order valence-corrected chi connectivity index (χ1v) is 4.25. The summed E-state index contributed by atoms with van der Waals surface area (Å²) in [6.45, 7) is 10.8. The largest absolute Gasteiger partial charge is 0.103 e. The zero-order chi connectivity index (χ0) is 7.78. The van der Waals surface area contributed by atoms with Crippen molar-refractivity contribution in [1.29, 1.82) is 0 Å². The van der Waals surface area contributed by atoms with Crippen LogP contribution in [-0.4, -0.2) is 0 Å². The van der Waals surface area contributed by atoms with Gasteiger partial charge < -0.3 is 0 Å². The third kappa shape index (κ3) is 0.902. The molecule has 0 spiro atoms. The van der Waals surface area contributed by atoms with E-state index in [-0.39, 0.29) is 0 Å². The summed E-state index contributed by atoms with van der Waals surface area (Å²) in [7, 11) is 0. The zero-order valence-corrected chi connectivity index (χ0v) is 7.35. The van der Waals surface area contributed by atoms with E-state index in [0.29, 0.717) is 5.41 Å². The molecule has 2 atom stereocenters. The van der Waals surface area contributed by atoms with E-state index >= 15 is 0 Å². The van der Waals surface area contributed by atoms with Crippen LogP contribution in [0.1, 0.15) is 33.6 Å². The van der Waals surface area contributed by atoms with Gasteiger partial charge in [0.25, 0.3) is 0 Å². The van der Waals surface area contributed by atoms with Crippen LogP contribution < -0.4 is 0 Å². The predicted octanol–water partition coefficient (Wildman–Crippen LogP) is 3.24. The van der Waals surface area contributed by atoms with E-state index in [4.69, 9.17) is 0 Å². The topological polar surface area (TPSA) is 0 Å². The Balaban J connectivity index is 2.55. The minimum absolute atomic E-state index is 0.538. The fourth-order valence-corrected chi connectivity index (χ4v) is 2.15. The quantitative estimate of drug-likeness (QED) is 0.514. The molecule has 1 fully saturated rings. The lowest BCUT2D eigenvalue weighted by Gasteiger charge is -2.51. The van der Waals surface area contributed by atoms with E-state index < -0.39 is 0 Å². The number of hydrogen-bond acceptors (Lipinski definition) is 0. The molecule has 1 saturated carbocycles. The molecule has 0 aliphatic heterocycles. The maximum Gasteiger partial charge on any atom is -0.0179 e. The smallest absolute Gasteiger partial charge is 0.0179 e. The Bertz CT molecular complexity index is 133. The van der Waals surface area contributed by atoms with Gasteiger partial charge in [-0.2, -0.15) is 0 Å². The molecule has 1 rings (SSSR count). The molecule has 0 unspecified atom stereocenters. The van der Waals surface area contributed by atoms with Crippen molar-refractivity contribution in [2.24, 2.45) is 17.3 Å². The zero-order valence-electron chi connectivity index (χ0n) is 7.35. The first kappa shape index (κ1) is 7.84. The van der Waals surface area contributed by atoms with Crippen molar-refractivity contribution in [3.63, 3.8) is 0 Å². The molecule has 0 aromatic carbocycles. The molecule has 10 heavy (non-hydrogen) atoms. The number of allylic oxidation sites excluding steroid dienone is 1. The van der Waals surface area contributed by atoms with Gasteiger partial charge in [0, 0.05) is 0 Å². The highest BCUT2D eigenvalue weighted by Crippen LogP contribution is 2.53. The molecule has 0 heterocycles. The molecule has 0 radical (unpaired) electrons. The Labute approximate surface area is 64.3 Å². The number of rotatable bonds is 2. The van der Waals surface area contributed by atoms with Crippen LogP contribution in [0, 0.1) is 17.3 Å². The highest BCUT2D eigenvalue weighted by atomic mass is 14.5. The fraction of sp³-hybridized carbons (Fsp3) is 0.800. The van der Waals surface area contributed by atoms with Crippen molar-refractivity contribution in [3.05, 3.63) is 12.7 Å². The van der Waals surface area contributed by atoms with Gasteiger partial charge in [-0.3, -0.25) is 0 Å². The van der Waals surface area contributed by atoms with E-state index in [1.54, 1.807) is 0 Å². The Kier molecular flexibility index (Phi) is 1.89. The van der Waals surface area contributed by atoms with Gasteiger partial charge in [0.1, 0.15) is 0 Å². The van der Waals surface area contributed by atoms with Gasteiger partial charge in [-0.15, -0.1) is 6.58 Å². The molecule has 0 saturated heterocycles. The molecule has 0 heteroatoms. The summed E-state index contributed by atoms with van der Waals surface area (Å²) in [6, 6.07) is 0. The maximum atomic E-state index is 3.85. The molecule has 0 amide bonds. The summed E-state index contributed by atoms with van der Waals surface area (Å²) in [5, 5.41) is 0. The Morgan fingerprint density at radius 1 is 1.60 bits per heavy atom. The van der Waals surface area contributed by atoms with Crippen LogP contribution in [-0.2, 0) is 0 Å². The lowest BCUT2D eigenvalue weighted by molar-refractivity contribution is 0.00949. The second-order valence-corrected chi connectivity index (χ2v) is 4.00. The van der Waals surface area contributed by atoms with Gasteiger partial charge in [-0.25, -0.2) is 0 Å². The summed E-state index contributed by atoms with van der Waals surface area (Å²) in [6.07, 6.45) is 4.82. The molecule has 0 N–H and O–H groups in total. The highest BCUT2D eigenvalue weighted by molar-refractivity contribution is 5.03. The Morgan fingerprint density at radius 2 is 2.20 bits per heavy atom. The van der Waals surface area contributed by atoms with Gasteiger partial charge in [0.2, 0.25) is 0 Å². The molecule has 0 nitrogen and oxygen atoms in total. The van der Waals surface area contributed by atoms with Gasteiger partial charge in [0.05, 0.1) is 0 Å². The predicted molar refractivity (Wildman–Crippen MR) is 45.9 cm³/mol. The molecular formula is C10H18. The first-order valence-electron chi connectivity index (χ1n) is 4.25. The monoisotopic (exact) mass is 138 g/mol. The molecule has 58 valence electrons. The standard InChI is InChI=1S/C10H18/c1-5-8-7-9(6-2)10(8,3)4/h5,8-9H,1,6-7H2,2-4H3/t8-,9+/m0/s1. The van der Waals surface area contributed by atoms with E-state index in [1.165, 1.54) is 12.8 Å². The van der Waals surface area contributed by atoms with Crippen molar-refractivity contribution in [1.82, 2.24) is 0 Å². The normalized spacial score (nSPS) is 36.7. The maximum absolute atomic E-state index is 3.85. The SMILES string of the molecule is C=C[C@H]1C[C@@H](CC)C1(C)C. The minimum atomic E-state index is 0.538. The van der Waals surface area contributed by atoms with Gasteiger partial charge in [-0.1, -0.05) is 33.3 Å². The summed E-state index contributed by atoms with van der Waals surface area (Å²) in [4.78, 5) is 0. The van der Waals surface area contributed by atoms with Gasteiger partial charge in [-0.05, 0) is 23.7 Å². The van der Waals surface area contributed by atoms with Gasteiger partial charge in [0.15, 0.2) is 0 Å². The summed E-state index contributed by atoms with van der Waals surface area (Å²) < 4.78 is 0. The number of hydrogen-bond donors (Lipinski definition) is 0. The first-order chi connectivity index (χ1) is 4.62. The fourth-order valence-electron chi connectivity index (χ4n) is 2.15. The van der Waals surface area contributed by atoms with Crippen LogP contribution in [0.25, 0.3) is 0 Å². The molecule has 0 bridgehead atoms. The lowest BCUT2D eigenvalue weighted by Crippen LogP contribution is -2.43. The van der Waals surface area contributed by atoms with Crippen LogP contribution in [0.4, 0.5) is 0 Å². The van der Waals surface area contributed by atoms with Crippen LogP contribution in [0.3, 0.4) is 0 Å². The molecule has 1 aliphatic carbocycles. The van der Waals surface area contributed by atoms with Crippen LogP contribution >= 0.6 is 0 Å². The molecule has 1 aliphatic rings. The molecule has 0 aromatic rings. The molecular weight excluding hydrogens is 120 g/mol. The van der Waals surface area contributed by atoms with E-state index in [0.717, 1.165) is 11.8 Å². The Morgan fingerprint density at radius 3 is 2.50 bits per heavy atom. The van der Waals surface area contributed by atoms with Crippen molar-refractivity contribution < 1.29 is 0 Å². The van der Waals surface area contributed by atoms with Crippen LogP contribution in [0.2, 0.25) is 0 Å². The van der Waals surface area contributed by atoms with Crippen molar-refractivity contribution in [3.8, 4) is 0 Å². The van der Waals surface area contributed by atoms with Crippen molar-refractivity contribution in [2.45, 2.75) is 33.6 Å². The van der Waals surface area contributed by atoms with E-state index in [9.17, 15) is 0 Å². The molecule has 0 aromatic heterocycles.